The maximum absolute atomic E-state index is 13.1. The molecule has 2 spiro atoms. The second-order valence-corrected chi connectivity index (χ2v) is 11.2. The van der Waals surface area contributed by atoms with Gasteiger partial charge in [0.05, 0.1) is 12.3 Å². The smallest absolute Gasteiger partial charge is 0.165 e. The van der Waals surface area contributed by atoms with Gasteiger partial charge in [0.2, 0.25) is 0 Å². The van der Waals surface area contributed by atoms with E-state index >= 15 is 0 Å². The molecule has 0 unspecified atom stereocenters. The van der Waals surface area contributed by atoms with E-state index in [0.29, 0.717) is 18.2 Å². The molecule has 6 aliphatic rings. The van der Waals surface area contributed by atoms with Crippen LogP contribution in [0.4, 0.5) is 4.39 Å². The van der Waals surface area contributed by atoms with Crippen LogP contribution in [-0.4, -0.2) is 65.3 Å². The predicted octanol–water partition coefficient (Wildman–Crippen LogP) is 3.34. The summed E-state index contributed by atoms with van der Waals surface area (Å²) < 4.78 is 26.2. The zero-order chi connectivity index (χ0) is 21.8. The van der Waals surface area contributed by atoms with Crippen molar-refractivity contribution < 1.29 is 24.1 Å². The number of nitrogens with zero attached hydrogens (tertiary/aromatic N) is 1. The van der Waals surface area contributed by atoms with E-state index in [-0.39, 0.29) is 35.3 Å². The summed E-state index contributed by atoms with van der Waals surface area (Å²) in [6, 6.07) is 4.12. The fourth-order valence-corrected chi connectivity index (χ4v) is 8.91. The number of benzene rings is 1. The van der Waals surface area contributed by atoms with Gasteiger partial charge in [-0.15, -0.1) is 0 Å². The first-order valence-electron chi connectivity index (χ1n) is 11.8. The second kappa shape index (κ2) is 6.15. The molecule has 3 saturated carbocycles. The highest BCUT2D eigenvalue weighted by molar-refractivity contribution is 5.63. The summed E-state index contributed by atoms with van der Waals surface area (Å²) in [6.45, 7) is 5.18. The van der Waals surface area contributed by atoms with Gasteiger partial charge in [-0.3, -0.25) is 9.29 Å². The molecule has 6 atom stereocenters. The minimum absolute atomic E-state index is 0.0663. The Morgan fingerprint density at radius 1 is 1.29 bits per heavy atom. The van der Waals surface area contributed by atoms with Crippen LogP contribution in [0.25, 0.3) is 0 Å². The standard InChI is InChI=1S/C25H34FNO4/c1-22(2,29)17-14-23-7-8-25(17,30-3)21-24(23)9-12-27(11-4-10-26)18(23)13-15-5-6-16(28)20(31-21)19(15)24/h5-6,17-18,21,28-29H,4,7-14H2,1-3H3/t17-,18-,21-,23-,24+,25-/m1/s1. The van der Waals surface area contributed by atoms with Crippen molar-refractivity contribution in [3.8, 4) is 11.5 Å². The molecule has 2 heterocycles. The maximum Gasteiger partial charge on any atom is 0.165 e. The summed E-state index contributed by atoms with van der Waals surface area (Å²) in [6.07, 6.45) is 4.87. The van der Waals surface area contributed by atoms with Gasteiger partial charge in [0.15, 0.2) is 11.5 Å². The zero-order valence-electron chi connectivity index (χ0n) is 18.8. The SMILES string of the molecule is CO[C@]12CC[C@@]3(C[C@@H]1C(C)(C)O)[C@H]1Cc4ccc(O)c5c4[C@@]3(CCN1CCCF)[C@H]2O5. The average molecular weight is 432 g/mol. The molecule has 0 amide bonds. The van der Waals surface area contributed by atoms with Crippen LogP contribution in [0.5, 0.6) is 11.5 Å². The summed E-state index contributed by atoms with van der Waals surface area (Å²) in [7, 11) is 1.76. The molecule has 5 nitrogen and oxygen atoms in total. The molecule has 0 aromatic heterocycles. The molecule has 4 fully saturated rings. The first-order valence-corrected chi connectivity index (χ1v) is 11.8. The molecule has 2 aliphatic heterocycles. The highest BCUT2D eigenvalue weighted by atomic mass is 19.1. The molecule has 170 valence electrons. The summed E-state index contributed by atoms with van der Waals surface area (Å²) >= 11 is 0. The van der Waals surface area contributed by atoms with Gasteiger partial charge in [0.25, 0.3) is 0 Å². The first kappa shape index (κ1) is 20.3. The molecule has 7 rings (SSSR count). The molecule has 1 aromatic carbocycles. The lowest BCUT2D eigenvalue weighted by molar-refractivity contribution is -0.300. The zero-order valence-corrected chi connectivity index (χ0v) is 18.8. The number of hydrogen-bond acceptors (Lipinski definition) is 5. The van der Waals surface area contributed by atoms with Crippen LogP contribution in [0.2, 0.25) is 0 Å². The van der Waals surface area contributed by atoms with E-state index in [1.807, 2.05) is 13.8 Å². The Hall–Kier alpha value is -1.37. The van der Waals surface area contributed by atoms with E-state index in [2.05, 4.69) is 11.0 Å². The first-order chi connectivity index (χ1) is 14.7. The number of methoxy groups -OCH3 is 1. The van der Waals surface area contributed by atoms with Crippen molar-refractivity contribution in [1.82, 2.24) is 4.90 Å². The Bertz CT molecular complexity index is 931. The molecule has 1 aromatic rings. The van der Waals surface area contributed by atoms with Crippen molar-refractivity contribution in [3.05, 3.63) is 23.3 Å². The van der Waals surface area contributed by atoms with Gasteiger partial charge in [-0.2, -0.15) is 0 Å². The Kier molecular flexibility index (Phi) is 4.02. The number of ether oxygens (including phenoxy) is 2. The molecular weight excluding hydrogens is 397 g/mol. The number of halogens is 1. The minimum Gasteiger partial charge on any atom is -0.504 e. The second-order valence-electron chi connectivity index (χ2n) is 11.2. The number of phenols is 1. The Morgan fingerprint density at radius 2 is 2.10 bits per heavy atom. The number of aliphatic hydroxyl groups is 1. The van der Waals surface area contributed by atoms with Crippen LogP contribution in [0, 0.1) is 11.3 Å². The summed E-state index contributed by atoms with van der Waals surface area (Å²) in [4.78, 5) is 2.52. The third kappa shape index (κ3) is 2.13. The van der Waals surface area contributed by atoms with Crippen molar-refractivity contribution >= 4 is 0 Å². The van der Waals surface area contributed by atoms with Crippen LogP contribution in [0.1, 0.15) is 57.1 Å². The Labute approximate surface area is 183 Å². The van der Waals surface area contributed by atoms with Gasteiger partial charge in [-0.05, 0) is 70.5 Å². The van der Waals surface area contributed by atoms with E-state index in [4.69, 9.17) is 9.47 Å². The van der Waals surface area contributed by atoms with E-state index in [1.165, 1.54) is 11.1 Å². The number of piperidine rings is 1. The molecular formula is C25H34FNO4. The summed E-state index contributed by atoms with van der Waals surface area (Å²) in [5.41, 5.74) is 0.670. The normalized spacial score (nSPS) is 42.4. The van der Waals surface area contributed by atoms with Crippen LogP contribution in [0.15, 0.2) is 12.1 Å². The fraction of sp³-hybridized carbons (Fsp3) is 0.760. The summed E-state index contributed by atoms with van der Waals surface area (Å²) in [5, 5.41) is 22.1. The number of alkyl halides is 1. The van der Waals surface area contributed by atoms with E-state index in [0.717, 1.165) is 45.2 Å². The lowest BCUT2D eigenvalue weighted by Gasteiger charge is -2.74. The monoisotopic (exact) mass is 431 g/mol. The Morgan fingerprint density at radius 3 is 2.81 bits per heavy atom. The third-order valence-electron chi connectivity index (χ3n) is 9.90. The number of aromatic hydroxyl groups is 1. The van der Waals surface area contributed by atoms with Crippen molar-refractivity contribution in [1.29, 1.82) is 0 Å². The Balaban J connectivity index is 1.61. The molecule has 6 heteroatoms. The third-order valence-corrected chi connectivity index (χ3v) is 9.90. The van der Waals surface area contributed by atoms with Crippen LogP contribution in [0.3, 0.4) is 0 Å². The van der Waals surface area contributed by atoms with Crippen molar-refractivity contribution in [2.45, 2.75) is 81.1 Å². The van der Waals surface area contributed by atoms with Gasteiger partial charge in [-0.1, -0.05) is 6.07 Å². The van der Waals surface area contributed by atoms with Crippen molar-refractivity contribution in [2.24, 2.45) is 11.3 Å². The topological polar surface area (TPSA) is 62.2 Å². The van der Waals surface area contributed by atoms with E-state index < -0.39 is 11.2 Å². The van der Waals surface area contributed by atoms with Gasteiger partial charge in [-0.25, -0.2) is 0 Å². The molecule has 4 aliphatic carbocycles. The van der Waals surface area contributed by atoms with E-state index in [9.17, 15) is 14.6 Å². The maximum atomic E-state index is 13.1. The minimum atomic E-state index is -0.913. The van der Waals surface area contributed by atoms with Gasteiger partial charge in [0, 0.05) is 42.0 Å². The number of fused-ring (bicyclic) bond motifs is 2. The van der Waals surface area contributed by atoms with Crippen molar-refractivity contribution in [2.75, 3.05) is 26.9 Å². The van der Waals surface area contributed by atoms with E-state index in [1.54, 1.807) is 13.2 Å². The molecule has 1 saturated heterocycles. The van der Waals surface area contributed by atoms with Crippen LogP contribution >= 0.6 is 0 Å². The average Bonchev–Trinajstić information content (AvgIpc) is 3.11. The fourth-order valence-electron chi connectivity index (χ4n) is 8.91. The molecule has 2 N–H and O–H groups in total. The number of rotatable bonds is 5. The van der Waals surface area contributed by atoms with Gasteiger partial charge < -0.3 is 19.7 Å². The number of hydrogen-bond donors (Lipinski definition) is 2. The van der Waals surface area contributed by atoms with Gasteiger partial charge in [0.1, 0.15) is 11.7 Å². The lowest BCUT2D eigenvalue weighted by atomic mass is 9.34. The lowest BCUT2D eigenvalue weighted by Crippen LogP contribution is -2.82. The molecule has 4 bridgehead atoms. The van der Waals surface area contributed by atoms with Crippen LogP contribution in [-0.2, 0) is 16.6 Å². The summed E-state index contributed by atoms with van der Waals surface area (Å²) in [5.74, 6) is 0.780. The largest absolute Gasteiger partial charge is 0.504 e. The van der Waals surface area contributed by atoms with Crippen molar-refractivity contribution in [3.63, 3.8) is 0 Å². The van der Waals surface area contributed by atoms with Gasteiger partial charge >= 0.3 is 0 Å². The highest BCUT2D eigenvalue weighted by Crippen LogP contribution is 2.77. The molecule has 0 radical (unpaired) electrons. The number of likely N-dealkylation sites (tertiary alicyclic amines) is 1. The number of phenolic OH excluding ortho intramolecular Hbond substituents is 1. The molecule has 31 heavy (non-hydrogen) atoms. The predicted molar refractivity (Wildman–Crippen MR) is 114 cm³/mol. The van der Waals surface area contributed by atoms with Crippen LogP contribution < -0.4 is 4.74 Å². The quantitative estimate of drug-likeness (QED) is 0.749. The highest BCUT2D eigenvalue weighted by Gasteiger charge is 2.81.